The SMILES string of the molecule is C[Si](C)(C)OC[C@H]1O[C@H](O)[C@@H](O[Si](C)(C)C)[C@H](O[Si](C)(C)C)[C@H]1O[Si](C)(C)C. The molecule has 0 aliphatic carbocycles. The zero-order valence-electron chi connectivity index (χ0n) is 20.1. The van der Waals surface area contributed by atoms with Crippen LogP contribution < -0.4 is 0 Å². The molecule has 0 spiro atoms. The maximum absolute atomic E-state index is 10.8. The van der Waals surface area contributed by atoms with E-state index in [1.54, 1.807) is 0 Å². The van der Waals surface area contributed by atoms with Crippen molar-refractivity contribution >= 4 is 33.3 Å². The number of aliphatic hydroxyl groups excluding tert-OH is 1. The standard InChI is InChI=1S/C18H44O6Si4/c1-25(2,3)20-13-14-15(22-26(4,5)6)16(23-27(7,8)9)17(18(19)21-14)24-28(10,11)12/h14-19H,13H2,1-12H3/t14-,15+,16-,17+,18+/m1/s1. The molecule has 1 aliphatic heterocycles. The molecule has 1 aliphatic rings. The Hall–Kier alpha value is 0.628. The van der Waals surface area contributed by atoms with Crippen LogP contribution in [0.1, 0.15) is 0 Å². The van der Waals surface area contributed by atoms with Gasteiger partial charge in [-0.3, -0.25) is 0 Å². The van der Waals surface area contributed by atoms with Crippen LogP contribution in [-0.2, 0) is 22.4 Å². The number of hydrogen-bond donors (Lipinski definition) is 1. The van der Waals surface area contributed by atoms with E-state index < -0.39 is 45.7 Å². The lowest BCUT2D eigenvalue weighted by Gasteiger charge is -2.49. The van der Waals surface area contributed by atoms with Crippen molar-refractivity contribution in [3.63, 3.8) is 0 Å². The molecule has 1 heterocycles. The molecule has 28 heavy (non-hydrogen) atoms. The lowest BCUT2D eigenvalue weighted by atomic mass is 9.99. The number of ether oxygens (including phenoxy) is 1. The second-order valence-corrected chi connectivity index (χ2v) is 29.5. The van der Waals surface area contributed by atoms with Gasteiger partial charge in [0.15, 0.2) is 39.6 Å². The summed E-state index contributed by atoms with van der Waals surface area (Å²) in [4.78, 5) is 0. The molecule has 6 nitrogen and oxygen atoms in total. The first-order valence-electron chi connectivity index (χ1n) is 10.3. The molecule has 1 fully saturated rings. The molecule has 10 heteroatoms. The first-order chi connectivity index (χ1) is 12.3. The topological polar surface area (TPSA) is 66.4 Å². The van der Waals surface area contributed by atoms with Gasteiger partial charge in [0.1, 0.15) is 24.4 Å². The van der Waals surface area contributed by atoms with E-state index in [2.05, 4.69) is 78.6 Å². The largest absolute Gasteiger partial charge is 0.415 e. The minimum absolute atomic E-state index is 0.320. The fourth-order valence-corrected chi connectivity index (χ4v) is 6.91. The predicted octanol–water partition coefficient (Wildman–Crippen LogP) is 4.22. The smallest absolute Gasteiger partial charge is 0.184 e. The average molecular weight is 469 g/mol. The Morgan fingerprint density at radius 1 is 0.607 bits per heavy atom. The first-order valence-corrected chi connectivity index (χ1v) is 23.9. The van der Waals surface area contributed by atoms with Crippen molar-refractivity contribution < 1.29 is 27.5 Å². The van der Waals surface area contributed by atoms with Gasteiger partial charge >= 0.3 is 0 Å². The van der Waals surface area contributed by atoms with Gasteiger partial charge in [0.25, 0.3) is 0 Å². The highest BCUT2D eigenvalue weighted by Crippen LogP contribution is 2.33. The van der Waals surface area contributed by atoms with E-state index in [0.29, 0.717) is 6.61 Å². The van der Waals surface area contributed by atoms with Gasteiger partial charge in [0.2, 0.25) is 0 Å². The van der Waals surface area contributed by atoms with Crippen molar-refractivity contribution in [1.82, 2.24) is 0 Å². The monoisotopic (exact) mass is 468 g/mol. The second kappa shape index (κ2) is 9.41. The zero-order valence-corrected chi connectivity index (χ0v) is 24.1. The van der Waals surface area contributed by atoms with E-state index >= 15 is 0 Å². The summed E-state index contributed by atoms with van der Waals surface area (Å²) in [5.74, 6) is 0. The van der Waals surface area contributed by atoms with Crippen LogP contribution in [0.5, 0.6) is 0 Å². The highest BCUT2D eigenvalue weighted by atomic mass is 28.4. The highest BCUT2D eigenvalue weighted by Gasteiger charge is 2.51. The fraction of sp³-hybridized carbons (Fsp3) is 1.00. The van der Waals surface area contributed by atoms with Crippen LogP contribution in [0.15, 0.2) is 0 Å². The number of aliphatic hydroxyl groups is 1. The Kier molecular flexibility index (Phi) is 8.96. The van der Waals surface area contributed by atoms with Crippen LogP contribution in [0.2, 0.25) is 78.6 Å². The van der Waals surface area contributed by atoms with Crippen molar-refractivity contribution in [3.05, 3.63) is 0 Å². The highest BCUT2D eigenvalue weighted by molar-refractivity contribution is 6.71. The molecule has 0 bridgehead atoms. The van der Waals surface area contributed by atoms with Crippen molar-refractivity contribution in [1.29, 1.82) is 0 Å². The van der Waals surface area contributed by atoms with Crippen LogP contribution in [0.25, 0.3) is 0 Å². The van der Waals surface area contributed by atoms with Gasteiger partial charge in [-0.15, -0.1) is 0 Å². The molecule has 0 aromatic carbocycles. The third-order valence-corrected chi connectivity index (χ3v) is 7.73. The quantitative estimate of drug-likeness (QED) is 0.511. The molecule has 0 radical (unpaired) electrons. The van der Waals surface area contributed by atoms with Gasteiger partial charge in [-0.1, -0.05) is 0 Å². The molecule has 0 saturated carbocycles. The molecule has 0 amide bonds. The second-order valence-electron chi connectivity index (χ2n) is 11.6. The summed E-state index contributed by atoms with van der Waals surface area (Å²) in [7, 11) is -7.50. The molecular weight excluding hydrogens is 425 g/mol. The van der Waals surface area contributed by atoms with Crippen LogP contribution >= 0.6 is 0 Å². The third kappa shape index (κ3) is 10.1. The van der Waals surface area contributed by atoms with Crippen molar-refractivity contribution in [2.24, 2.45) is 0 Å². The van der Waals surface area contributed by atoms with Gasteiger partial charge < -0.3 is 27.5 Å². The fourth-order valence-electron chi connectivity index (χ4n) is 2.99. The zero-order chi connectivity index (χ0) is 22.1. The van der Waals surface area contributed by atoms with Gasteiger partial charge in [-0.05, 0) is 78.6 Å². The van der Waals surface area contributed by atoms with E-state index in [4.69, 9.17) is 22.4 Å². The van der Waals surface area contributed by atoms with Crippen LogP contribution in [0.4, 0.5) is 0 Å². The Morgan fingerprint density at radius 3 is 1.39 bits per heavy atom. The summed E-state index contributed by atoms with van der Waals surface area (Å²) in [6.45, 7) is 26.1. The Morgan fingerprint density at radius 2 is 1.00 bits per heavy atom. The summed E-state index contributed by atoms with van der Waals surface area (Å²) < 4.78 is 31.7. The maximum Gasteiger partial charge on any atom is 0.184 e. The lowest BCUT2D eigenvalue weighted by Crippen LogP contribution is -2.66. The molecular formula is C18H44O6Si4. The Bertz CT molecular complexity index is 492. The first kappa shape index (κ1) is 26.7. The van der Waals surface area contributed by atoms with E-state index in [1.807, 2.05) is 0 Å². The molecule has 168 valence electrons. The van der Waals surface area contributed by atoms with Crippen molar-refractivity contribution in [2.75, 3.05) is 6.61 Å². The summed E-state index contributed by atoms with van der Waals surface area (Å²) >= 11 is 0. The Labute approximate surface area is 176 Å². The van der Waals surface area contributed by atoms with Crippen LogP contribution in [0, 0.1) is 0 Å². The van der Waals surface area contributed by atoms with Gasteiger partial charge in [-0.25, -0.2) is 0 Å². The molecule has 0 aromatic rings. The maximum atomic E-state index is 10.8. The molecule has 5 atom stereocenters. The molecule has 0 unspecified atom stereocenters. The minimum Gasteiger partial charge on any atom is -0.415 e. The van der Waals surface area contributed by atoms with Gasteiger partial charge in [0.05, 0.1) is 6.61 Å². The van der Waals surface area contributed by atoms with E-state index in [0.717, 1.165) is 0 Å². The van der Waals surface area contributed by atoms with Gasteiger partial charge in [-0.2, -0.15) is 0 Å². The molecule has 0 aromatic heterocycles. The van der Waals surface area contributed by atoms with E-state index in [9.17, 15) is 5.11 Å². The minimum atomic E-state index is -1.94. The summed E-state index contributed by atoms with van der Waals surface area (Å²) in [5, 5.41) is 10.8. The summed E-state index contributed by atoms with van der Waals surface area (Å²) in [6.07, 6.45) is -2.67. The summed E-state index contributed by atoms with van der Waals surface area (Å²) in [6, 6.07) is 0. The van der Waals surface area contributed by atoms with Crippen LogP contribution in [-0.4, -0.2) is 75.7 Å². The molecule has 1 N–H and O–H groups in total. The lowest BCUT2D eigenvalue weighted by molar-refractivity contribution is -0.274. The van der Waals surface area contributed by atoms with Gasteiger partial charge in [0, 0.05) is 0 Å². The number of rotatable bonds is 9. The van der Waals surface area contributed by atoms with E-state index in [-0.39, 0.29) is 18.3 Å². The van der Waals surface area contributed by atoms with Crippen molar-refractivity contribution in [3.8, 4) is 0 Å². The van der Waals surface area contributed by atoms with Crippen molar-refractivity contribution in [2.45, 2.75) is 109 Å². The normalized spacial score (nSPS) is 30.5. The van der Waals surface area contributed by atoms with Crippen LogP contribution in [0.3, 0.4) is 0 Å². The van der Waals surface area contributed by atoms with E-state index in [1.165, 1.54) is 0 Å². The molecule has 1 saturated heterocycles. The number of hydrogen-bond acceptors (Lipinski definition) is 6. The third-order valence-electron chi connectivity index (χ3n) is 3.76. The Balaban J connectivity index is 3.26. The predicted molar refractivity (Wildman–Crippen MR) is 125 cm³/mol. The average Bonchev–Trinajstić information content (AvgIpc) is 2.39. The summed E-state index contributed by atoms with van der Waals surface area (Å²) in [5.41, 5.74) is 0. The molecule has 1 rings (SSSR count).